The van der Waals surface area contributed by atoms with Crippen LogP contribution in [0.5, 0.6) is 5.75 Å². The Morgan fingerprint density at radius 1 is 0.917 bits per heavy atom. The normalized spacial score (nSPS) is 16.0. The van der Waals surface area contributed by atoms with Crippen molar-refractivity contribution in [2.75, 3.05) is 33.3 Å². The van der Waals surface area contributed by atoms with Crippen LogP contribution in [0.1, 0.15) is 42.2 Å². The standard InChI is InChI=1S/C29H33ClN2O3.ClH/c1-3-27(33)35-29(23-9-5-4-6-10-23)28(25-11-7-8-12-26(25)30)32-19-17-31(18-20-32)21-22-13-15-24(34-2)16-14-22;/h4-16,28-29H,3,17-21H2,1-2H3;1H. The second kappa shape index (κ2) is 13.7. The highest BCUT2D eigenvalue weighted by atomic mass is 35.5. The largest absolute Gasteiger partial charge is 0.497 e. The number of rotatable bonds is 9. The van der Waals surface area contributed by atoms with E-state index in [0.717, 1.165) is 49.6 Å². The molecule has 0 amide bonds. The first-order valence-electron chi connectivity index (χ1n) is 12.2. The number of benzene rings is 3. The molecule has 0 N–H and O–H groups in total. The third-order valence-electron chi connectivity index (χ3n) is 6.55. The lowest BCUT2D eigenvalue weighted by Crippen LogP contribution is -2.48. The van der Waals surface area contributed by atoms with Crippen LogP contribution in [-0.2, 0) is 16.1 Å². The average Bonchev–Trinajstić information content (AvgIpc) is 2.91. The zero-order valence-corrected chi connectivity index (χ0v) is 22.4. The predicted molar refractivity (Wildman–Crippen MR) is 147 cm³/mol. The molecule has 1 saturated heterocycles. The van der Waals surface area contributed by atoms with Crippen LogP contribution < -0.4 is 4.74 Å². The van der Waals surface area contributed by atoms with Gasteiger partial charge in [-0.3, -0.25) is 14.6 Å². The van der Waals surface area contributed by atoms with Gasteiger partial charge in [-0.1, -0.05) is 79.2 Å². The minimum Gasteiger partial charge on any atom is -0.497 e. The van der Waals surface area contributed by atoms with Crippen LogP contribution in [0.3, 0.4) is 0 Å². The minimum absolute atomic E-state index is 0. The van der Waals surface area contributed by atoms with E-state index in [1.807, 2.05) is 73.7 Å². The van der Waals surface area contributed by atoms with Gasteiger partial charge in [0.15, 0.2) is 0 Å². The van der Waals surface area contributed by atoms with Crippen LogP contribution in [0, 0.1) is 0 Å². The molecule has 1 heterocycles. The van der Waals surface area contributed by atoms with Crippen molar-refractivity contribution >= 4 is 30.0 Å². The maximum absolute atomic E-state index is 12.5. The van der Waals surface area contributed by atoms with E-state index in [2.05, 4.69) is 21.9 Å². The maximum atomic E-state index is 12.5. The molecule has 192 valence electrons. The molecule has 0 bridgehead atoms. The van der Waals surface area contributed by atoms with E-state index >= 15 is 0 Å². The van der Waals surface area contributed by atoms with Crippen molar-refractivity contribution in [3.8, 4) is 5.75 Å². The van der Waals surface area contributed by atoms with Crippen molar-refractivity contribution < 1.29 is 14.3 Å². The molecule has 5 nitrogen and oxygen atoms in total. The van der Waals surface area contributed by atoms with E-state index in [1.165, 1.54) is 5.56 Å². The highest BCUT2D eigenvalue weighted by molar-refractivity contribution is 6.31. The number of carbonyl (C=O) groups is 1. The number of piperazine rings is 1. The summed E-state index contributed by atoms with van der Waals surface area (Å²) in [5.41, 5.74) is 3.22. The molecule has 0 radical (unpaired) electrons. The summed E-state index contributed by atoms with van der Waals surface area (Å²) in [6, 6.07) is 26.0. The number of carbonyl (C=O) groups excluding carboxylic acids is 1. The minimum atomic E-state index is -0.448. The molecule has 0 saturated carbocycles. The zero-order valence-electron chi connectivity index (χ0n) is 20.8. The van der Waals surface area contributed by atoms with Gasteiger partial charge in [-0.15, -0.1) is 12.4 Å². The first-order valence-corrected chi connectivity index (χ1v) is 12.5. The average molecular weight is 530 g/mol. The van der Waals surface area contributed by atoms with Crippen molar-refractivity contribution in [2.45, 2.75) is 32.0 Å². The van der Waals surface area contributed by atoms with E-state index in [9.17, 15) is 4.79 Å². The van der Waals surface area contributed by atoms with E-state index < -0.39 is 6.10 Å². The van der Waals surface area contributed by atoms with E-state index in [4.69, 9.17) is 21.1 Å². The molecule has 0 aromatic heterocycles. The Morgan fingerprint density at radius 3 is 2.17 bits per heavy atom. The van der Waals surface area contributed by atoms with Gasteiger partial charge in [0.1, 0.15) is 11.9 Å². The second-order valence-electron chi connectivity index (χ2n) is 8.80. The quantitative estimate of drug-likeness (QED) is 0.304. The van der Waals surface area contributed by atoms with Crippen molar-refractivity contribution in [3.63, 3.8) is 0 Å². The first-order chi connectivity index (χ1) is 17.1. The first kappa shape index (κ1) is 28.0. The Kier molecular flexibility index (Phi) is 10.6. The smallest absolute Gasteiger partial charge is 0.306 e. The van der Waals surface area contributed by atoms with Gasteiger partial charge in [-0.2, -0.15) is 0 Å². The summed E-state index contributed by atoms with van der Waals surface area (Å²) in [5, 5.41) is 0.687. The van der Waals surface area contributed by atoms with Gasteiger partial charge in [0.25, 0.3) is 0 Å². The molecular weight excluding hydrogens is 495 g/mol. The number of esters is 1. The maximum Gasteiger partial charge on any atom is 0.306 e. The fraction of sp³-hybridized carbons (Fsp3) is 0.345. The van der Waals surface area contributed by atoms with Gasteiger partial charge in [-0.05, 0) is 34.9 Å². The monoisotopic (exact) mass is 528 g/mol. The van der Waals surface area contributed by atoms with Gasteiger partial charge in [0.2, 0.25) is 0 Å². The van der Waals surface area contributed by atoms with Crippen LogP contribution in [0.4, 0.5) is 0 Å². The summed E-state index contributed by atoms with van der Waals surface area (Å²) in [6.45, 7) is 6.24. The van der Waals surface area contributed by atoms with Crippen molar-refractivity contribution in [1.29, 1.82) is 0 Å². The highest BCUT2D eigenvalue weighted by Gasteiger charge is 2.36. The summed E-state index contributed by atoms with van der Waals surface area (Å²) in [4.78, 5) is 17.4. The van der Waals surface area contributed by atoms with Gasteiger partial charge in [0, 0.05) is 44.2 Å². The third-order valence-corrected chi connectivity index (χ3v) is 6.90. The number of ether oxygens (including phenoxy) is 2. The van der Waals surface area contributed by atoms with Crippen LogP contribution >= 0.6 is 24.0 Å². The van der Waals surface area contributed by atoms with Gasteiger partial charge in [-0.25, -0.2) is 0 Å². The molecule has 1 aliphatic rings. The van der Waals surface area contributed by atoms with Crippen LogP contribution in [-0.4, -0.2) is 49.1 Å². The number of hydrogen-bond donors (Lipinski definition) is 0. The molecule has 1 fully saturated rings. The lowest BCUT2D eigenvalue weighted by molar-refractivity contribution is -0.153. The number of methoxy groups -OCH3 is 1. The SMILES string of the molecule is CCC(=O)OC(c1ccccc1)C(c1ccccc1Cl)N1CCN(Cc2ccc(OC)cc2)CC1.Cl. The number of halogens is 2. The van der Waals surface area contributed by atoms with Crippen LogP contribution in [0.25, 0.3) is 0 Å². The van der Waals surface area contributed by atoms with E-state index in [-0.39, 0.29) is 24.4 Å². The molecule has 2 unspecified atom stereocenters. The molecule has 2 atom stereocenters. The summed E-state index contributed by atoms with van der Waals surface area (Å²) in [7, 11) is 1.68. The molecular formula is C29H34Cl2N2O3. The molecule has 1 aliphatic heterocycles. The summed E-state index contributed by atoms with van der Waals surface area (Å²) in [5.74, 6) is 0.656. The van der Waals surface area contributed by atoms with Crippen molar-refractivity contribution in [1.82, 2.24) is 9.80 Å². The Bertz CT molecular complexity index is 1090. The second-order valence-corrected chi connectivity index (χ2v) is 9.21. The van der Waals surface area contributed by atoms with Crippen LogP contribution in [0.2, 0.25) is 5.02 Å². The summed E-state index contributed by atoms with van der Waals surface area (Å²) < 4.78 is 11.4. The van der Waals surface area contributed by atoms with Gasteiger partial charge >= 0.3 is 5.97 Å². The Balaban J connectivity index is 0.00000361. The van der Waals surface area contributed by atoms with Gasteiger partial charge in [0.05, 0.1) is 13.2 Å². The van der Waals surface area contributed by atoms with E-state index in [1.54, 1.807) is 7.11 Å². The van der Waals surface area contributed by atoms with Gasteiger partial charge < -0.3 is 9.47 Å². The lowest BCUT2D eigenvalue weighted by Gasteiger charge is -2.42. The fourth-order valence-corrected chi connectivity index (χ4v) is 4.88. The van der Waals surface area contributed by atoms with Crippen molar-refractivity contribution in [3.05, 3.63) is 101 Å². The molecule has 0 spiro atoms. The molecule has 3 aromatic rings. The lowest BCUT2D eigenvalue weighted by atomic mass is 9.93. The van der Waals surface area contributed by atoms with E-state index in [0.29, 0.717) is 11.4 Å². The molecule has 4 rings (SSSR count). The van der Waals surface area contributed by atoms with Crippen molar-refractivity contribution in [2.24, 2.45) is 0 Å². The number of hydrogen-bond acceptors (Lipinski definition) is 5. The number of nitrogens with zero attached hydrogens (tertiary/aromatic N) is 2. The third kappa shape index (κ3) is 7.01. The molecule has 36 heavy (non-hydrogen) atoms. The topological polar surface area (TPSA) is 42.0 Å². The predicted octanol–water partition coefficient (Wildman–Crippen LogP) is 6.32. The van der Waals surface area contributed by atoms with Crippen LogP contribution in [0.15, 0.2) is 78.9 Å². The highest BCUT2D eigenvalue weighted by Crippen LogP contribution is 2.40. The zero-order chi connectivity index (χ0) is 24.6. The Morgan fingerprint density at radius 2 is 1.56 bits per heavy atom. The Labute approximate surface area is 225 Å². The molecule has 7 heteroatoms. The molecule has 3 aromatic carbocycles. The fourth-order valence-electron chi connectivity index (χ4n) is 4.64. The summed E-state index contributed by atoms with van der Waals surface area (Å²) >= 11 is 6.71. The summed E-state index contributed by atoms with van der Waals surface area (Å²) in [6.07, 6.45) is -0.120. The Hall–Kier alpha value is -2.57. The molecule has 0 aliphatic carbocycles.